The predicted octanol–water partition coefficient (Wildman–Crippen LogP) is 3.45. The molecule has 136 valence electrons. The molecule has 5 nitrogen and oxygen atoms in total. The first-order chi connectivity index (χ1) is 12.6. The van der Waals surface area contributed by atoms with E-state index in [4.69, 9.17) is 4.74 Å². The molecule has 0 aliphatic carbocycles. The highest BCUT2D eigenvalue weighted by Gasteiger charge is 2.23. The van der Waals surface area contributed by atoms with Crippen LogP contribution in [0.4, 0.5) is 0 Å². The molecule has 2 amide bonds. The molecule has 0 spiro atoms. The second-order valence-electron chi connectivity index (χ2n) is 6.17. The van der Waals surface area contributed by atoms with Crippen LogP contribution < -0.4 is 4.74 Å². The molecule has 2 aromatic rings. The van der Waals surface area contributed by atoms with Crippen molar-refractivity contribution in [3.63, 3.8) is 0 Å². The van der Waals surface area contributed by atoms with E-state index in [2.05, 4.69) is 15.9 Å². The van der Waals surface area contributed by atoms with Gasteiger partial charge in [-0.1, -0.05) is 15.9 Å². The summed E-state index contributed by atoms with van der Waals surface area (Å²) < 4.78 is 6.08. The Bertz CT molecular complexity index is 775. The zero-order valence-corrected chi connectivity index (χ0v) is 16.2. The number of hydrogen-bond donors (Lipinski definition) is 0. The molecular formula is C20H21BrN2O3. The monoisotopic (exact) mass is 416 g/mol. The number of rotatable bonds is 3. The lowest BCUT2D eigenvalue weighted by atomic mass is 10.2. The van der Waals surface area contributed by atoms with Gasteiger partial charge in [-0.3, -0.25) is 9.59 Å². The molecule has 1 heterocycles. The molecule has 1 fully saturated rings. The average Bonchev–Trinajstić information content (AvgIpc) is 2.94. The SMILES string of the molecule is COc1ccc(C(=O)N2CCCN(C(=O)c3ccc(Br)cc3)CC2)cc1. The highest BCUT2D eigenvalue weighted by Crippen LogP contribution is 2.16. The number of hydrogen-bond acceptors (Lipinski definition) is 3. The molecule has 1 aliphatic heterocycles. The minimum Gasteiger partial charge on any atom is -0.497 e. The maximum absolute atomic E-state index is 12.7. The van der Waals surface area contributed by atoms with E-state index in [9.17, 15) is 9.59 Å². The minimum atomic E-state index is -0.00871. The normalized spacial score (nSPS) is 14.7. The Kier molecular flexibility index (Phi) is 5.93. The molecule has 0 bridgehead atoms. The van der Waals surface area contributed by atoms with Gasteiger partial charge in [0.25, 0.3) is 11.8 Å². The van der Waals surface area contributed by atoms with Crippen LogP contribution in [0, 0.1) is 0 Å². The quantitative estimate of drug-likeness (QED) is 0.769. The summed E-state index contributed by atoms with van der Waals surface area (Å²) in [4.78, 5) is 29.0. The Morgan fingerprint density at radius 2 is 1.27 bits per heavy atom. The van der Waals surface area contributed by atoms with Crippen molar-refractivity contribution in [2.75, 3.05) is 33.3 Å². The van der Waals surface area contributed by atoms with E-state index in [0.717, 1.165) is 16.6 Å². The Morgan fingerprint density at radius 3 is 1.73 bits per heavy atom. The fourth-order valence-electron chi connectivity index (χ4n) is 3.01. The number of ether oxygens (including phenoxy) is 1. The minimum absolute atomic E-state index is 0.00871. The lowest BCUT2D eigenvalue weighted by Gasteiger charge is -2.22. The van der Waals surface area contributed by atoms with Gasteiger partial charge in [0, 0.05) is 41.8 Å². The molecule has 3 rings (SSSR count). The first-order valence-corrected chi connectivity index (χ1v) is 9.36. The van der Waals surface area contributed by atoms with Crippen LogP contribution in [-0.2, 0) is 0 Å². The third kappa shape index (κ3) is 4.25. The molecule has 0 N–H and O–H groups in total. The number of benzene rings is 2. The van der Waals surface area contributed by atoms with Crippen molar-refractivity contribution in [3.05, 3.63) is 64.1 Å². The van der Waals surface area contributed by atoms with E-state index < -0.39 is 0 Å². The van der Waals surface area contributed by atoms with Crippen molar-refractivity contribution < 1.29 is 14.3 Å². The molecule has 0 aromatic heterocycles. The standard InChI is InChI=1S/C20H21BrN2O3/c1-26-18-9-5-16(6-10-18)20(25)23-12-2-11-22(13-14-23)19(24)15-3-7-17(21)8-4-15/h3-10H,2,11-14H2,1H3. The zero-order chi connectivity index (χ0) is 18.5. The topological polar surface area (TPSA) is 49.9 Å². The molecular weight excluding hydrogens is 396 g/mol. The van der Waals surface area contributed by atoms with Crippen molar-refractivity contribution in [2.24, 2.45) is 0 Å². The van der Waals surface area contributed by atoms with E-state index in [1.807, 2.05) is 34.1 Å². The highest BCUT2D eigenvalue weighted by atomic mass is 79.9. The first-order valence-electron chi connectivity index (χ1n) is 8.56. The summed E-state index contributed by atoms with van der Waals surface area (Å²) >= 11 is 3.38. The van der Waals surface area contributed by atoms with Crippen molar-refractivity contribution in [1.29, 1.82) is 0 Å². The largest absolute Gasteiger partial charge is 0.497 e. The highest BCUT2D eigenvalue weighted by molar-refractivity contribution is 9.10. The van der Waals surface area contributed by atoms with Crippen molar-refractivity contribution >= 4 is 27.7 Å². The summed E-state index contributed by atoms with van der Waals surface area (Å²) in [5.41, 5.74) is 1.31. The molecule has 6 heteroatoms. The summed E-state index contributed by atoms with van der Waals surface area (Å²) in [5.74, 6) is 0.727. The van der Waals surface area contributed by atoms with Gasteiger partial charge in [0.05, 0.1) is 7.11 Å². The summed E-state index contributed by atoms with van der Waals surface area (Å²) in [6, 6.07) is 14.5. The van der Waals surface area contributed by atoms with Crippen molar-refractivity contribution in [1.82, 2.24) is 9.80 Å². The van der Waals surface area contributed by atoms with Crippen LogP contribution in [0.5, 0.6) is 5.75 Å². The number of nitrogens with zero attached hydrogens (tertiary/aromatic N) is 2. The van der Waals surface area contributed by atoms with Crippen molar-refractivity contribution in [3.8, 4) is 5.75 Å². The van der Waals surface area contributed by atoms with Gasteiger partial charge < -0.3 is 14.5 Å². The lowest BCUT2D eigenvalue weighted by Crippen LogP contribution is -2.37. The molecule has 0 atom stereocenters. The molecule has 0 saturated carbocycles. The molecule has 26 heavy (non-hydrogen) atoms. The van der Waals surface area contributed by atoms with Crippen LogP contribution in [0.1, 0.15) is 27.1 Å². The third-order valence-electron chi connectivity index (χ3n) is 4.50. The second kappa shape index (κ2) is 8.36. The van der Waals surface area contributed by atoms with Gasteiger partial charge in [-0.15, -0.1) is 0 Å². The van der Waals surface area contributed by atoms with Crippen molar-refractivity contribution in [2.45, 2.75) is 6.42 Å². The van der Waals surface area contributed by atoms with Crippen LogP contribution in [0.3, 0.4) is 0 Å². The van der Waals surface area contributed by atoms with Gasteiger partial charge in [0.15, 0.2) is 0 Å². The van der Waals surface area contributed by atoms with E-state index >= 15 is 0 Å². The number of methoxy groups -OCH3 is 1. The van der Waals surface area contributed by atoms with Gasteiger partial charge >= 0.3 is 0 Å². The Labute approximate surface area is 161 Å². The van der Waals surface area contributed by atoms with Crippen LogP contribution in [0.15, 0.2) is 53.0 Å². The molecule has 0 unspecified atom stereocenters. The fraction of sp³-hybridized carbons (Fsp3) is 0.300. The van der Waals surface area contributed by atoms with Gasteiger partial charge in [-0.25, -0.2) is 0 Å². The van der Waals surface area contributed by atoms with Gasteiger partial charge in [-0.2, -0.15) is 0 Å². The summed E-state index contributed by atoms with van der Waals surface area (Å²) in [6.07, 6.45) is 0.768. The zero-order valence-electron chi connectivity index (χ0n) is 14.7. The number of carbonyl (C=O) groups is 2. The predicted molar refractivity (Wildman–Crippen MR) is 104 cm³/mol. The Balaban J connectivity index is 1.64. The number of amides is 2. The van der Waals surface area contributed by atoms with E-state index in [1.54, 1.807) is 31.4 Å². The smallest absolute Gasteiger partial charge is 0.253 e. The van der Waals surface area contributed by atoms with Crippen LogP contribution in [0.2, 0.25) is 0 Å². The number of carbonyl (C=O) groups excluding carboxylic acids is 2. The summed E-state index contributed by atoms with van der Waals surface area (Å²) in [6.45, 7) is 2.38. The molecule has 1 aliphatic rings. The Morgan fingerprint density at radius 1 is 0.808 bits per heavy atom. The van der Waals surface area contributed by atoms with Crippen LogP contribution >= 0.6 is 15.9 Å². The Hall–Kier alpha value is -2.34. The first kappa shape index (κ1) is 18.5. The van der Waals surface area contributed by atoms with Gasteiger partial charge in [0.2, 0.25) is 0 Å². The molecule has 2 aromatic carbocycles. The molecule has 0 radical (unpaired) electrons. The van der Waals surface area contributed by atoms with Crippen LogP contribution in [-0.4, -0.2) is 54.9 Å². The maximum atomic E-state index is 12.7. The van der Waals surface area contributed by atoms with E-state index in [1.165, 1.54) is 0 Å². The van der Waals surface area contributed by atoms with Gasteiger partial charge in [-0.05, 0) is 55.0 Å². The van der Waals surface area contributed by atoms with Gasteiger partial charge in [0.1, 0.15) is 5.75 Å². The van der Waals surface area contributed by atoms with E-state index in [-0.39, 0.29) is 11.8 Å². The average molecular weight is 417 g/mol. The third-order valence-corrected chi connectivity index (χ3v) is 5.03. The molecule has 1 saturated heterocycles. The fourth-order valence-corrected chi connectivity index (χ4v) is 3.28. The van der Waals surface area contributed by atoms with E-state index in [0.29, 0.717) is 37.3 Å². The summed E-state index contributed by atoms with van der Waals surface area (Å²) in [5, 5.41) is 0. The maximum Gasteiger partial charge on any atom is 0.253 e. The van der Waals surface area contributed by atoms with Crippen LogP contribution in [0.25, 0.3) is 0 Å². The number of halogens is 1. The second-order valence-corrected chi connectivity index (χ2v) is 7.09. The lowest BCUT2D eigenvalue weighted by molar-refractivity contribution is 0.0718. The summed E-state index contributed by atoms with van der Waals surface area (Å²) in [7, 11) is 1.60.